The lowest BCUT2D eigenvalue weighted by atomic mass is 10.2. The second-order valence-electron chi connectivity index (χ2n) is 4.24. The van der Waals surface area contributed by atoms with Crippen LogP contribution < -0.4 is 4.74 Å². The van der Waals surface area contributed by atoms with Gasteiger partial charge < -0.3 is 9.84 Å². The van der Waals surface area contributed by atoms with Crippen LogP contribution in [-0.4, -0.2) is 15.0 Å². The Hall–Kier alpha value is -2.51. The largest absolute Gasteiger partial charge is 0.450 e. The predicted octanol–water partition coefficient (Wildman–Crippen LogP) is 3.49. The summed E-state index contributed by atoms with van der Waals surface area (Å²) in [4.78, 5) is 14.9. The summed E-state index contributed by atoms with van der Waals surface area (Å²) in [6.45, 7) is -0.205. The van der Waals surface area contributed by atoms with Crippen LogP contribution in [0.3, 0.4) is 0 Å². The maximum Gasteiger partial charge on any atom is 0.338 e. The van der Waals surface area contributed by atoms with Gasteiger partial charge in [-0.25, -0.2) is 4.98 Å². The molecule has 1 N–H and O–H groups in total. The van der Waals surface area contributed by atoms with Crippen LogP contribution in [0.5, 0.6) is 11.5 Å². The summed E-state index contributed by atoms with van der Waals surface area (Å²) in [5.41, 5.74) is 2.26. The molecule has 0 fully saturated rings. The Morgan fingerprint density at radius 2 is 2.05 bits per heavy atom. The van der Waals surface area contributed by atoms with Crippen molar-refractivity contribution in [2.75, 3.05) is 0 Å². The molecular formula is C14H10N2O4S. The van der Waals surface area contributed by atoms with E-state index in [-0.39, 0.29) is 18.0 Å². The van der Waals surface area contributed by atoms with E-state index in [1.165, 1.54) is 11.3 Å². The summed E-state index contributed by atoms with van der Waals surface area (Å²) in [5.74, 6) is 0.497. The van der Waals surface area contributed by atoms with Crippen molar-refractivity contribution >= 4 is 27.2 Å². The van der Waals surface area contributed by atoms with Gasteiger partial charge in [0.05, 0.1) is 21.7 Å². The summed E-state index contributed by atoms with van der Waals surface area (Å²) in [5, 5.41) is 20.6. The average molecular weight is 302 g/mol. The van der Waals surface area contributed by atoms with Crippen molar-refractivity contribution in [3.8, 4) is 11.5 Å². The number of rotatable bonds is 4. The Kier molecular flexibility index (Phi) is 3.51. The first kappa shape index (κ1) is 13.5. The minimum absolute atomic E-state index is 0.110. The van der Waals surface area contributed by atoms with Crippen LogP contribution in [0, 0.1) is 10.1 Å². The maximum absolute atomic E-state index is 11.3. The van der Waals surface area contributed by atoms with E-state index in [1.807, 2.05) is 0 Å². The third-order valence-corrected chi connectivity index (χ3v) is 3.78. The summed E-state index contributed by atoms with van der Waals surface area (Å²) in [6, 6.07) is 10.1. The van der Waals surface area contributed by atoms with Crippen LogP contribution in [0.4, 0.5) is 5.69 Å². The lowest BCUT2D eigenvalue weighted by Gasteiger charge is -2.09. The van der Waals surface area contributed by atoms with Crippen molar-refractivity contribution in [3.05, 3.63) is 57.6 Å². The molecule has 0 unspecified atom stereocenters. The fraction of sp³-hybridized carbons (Fsp3) is 0.0714. The molecule has 0 spiro atoms. The van der Waals surface area contributed by atoms with Gasteiger partial charge in [-0.1, -0.05) is 18.2 Å². The third-order valence-electron chi connectivity index (χ3n) is 2.98. The van der Waals surface area contributed by atoms with Crippen LogP contribution in [0.15, 0.2) is 41.9 Å². The van der Waals surface area contributed by atoms with Gasteiger partial charge in [-0.2, -0.15) is 0 Å². The minimum atomic E-state index is -0.501. The Morgan fingerprint density at radius 3 is 2.81 bits per heavy atom. The normalized spacial score (nSPS) is 10.7. The molecule has 0 saturated carbocycles. The van der Waals surface area contributed by atoms with E-state index in [1.54, 1.807) is 41.9 Å². The monoisotopic (exact) mass is 302 g/mol. The molecular weight excluding hydrogens is 292 g/mol. The third kappa shape index (κ3) is 2.44. The molecule has 0 aliphatic heterocycles. The first-order chi connectivity index (χ1) is 10.2. The summed E-state index contributed by atoms with van der Waals surface area (Å²) >= 11 is 1.33. The highest BCUT2D eigenvalue weighted by Gasteiger charge is 2.23. The van der Waals surface area contributed by atoms with Crippen molar-refractivity contribution in [2.45, 2.75) is 6.61 Å². The highest BCUT2D eigenvalue weighted by molar-refractivity contribution is 7.16. The molecule has 1 heterocycles. The highest BCUT2D eigenvalue weighted by Crippen LogP contribution is 2.38. The molecule has 0 aliphatic carbocycles. The molecule has 3 rings (SSSR count). The predicted molar refractivity (Wildman–Crippen MR) is 78.7 cm³/mol. The number of fused-ring (bicyclic) bond motifs is 1. The molecule has 0 amide bonds. The molecule has 1 aromatic heterocycles. The number of hydrogen-bond acceptors (Lipinski definition) is 6. The van der Waals surface area contributed by atoms with Gasteiger partial charge in [0.25, 0.3) is 0 Å². The lowest BCUT2D eigenvalue weighted by molar-refractivity contribution is -0.384. The number of aliphatic hydroxyl groups excluding tert-OH is 1. The van der Waals surface area contributed by atoms with Gasteiger partial charge in [-0.3, -0.25) is 10.1 Å². The van der Waals surface area contributed by atoms with Gasteiger partial charge in [0.15, 0.2) is 5.52 Å². The number of nitro groups is 1. The molecule has 6 nitrogen and oxygen atoms in total. The zero-order chi connectivity index (χ0) is 14.8. The van der Waals surface area contributed by atoms with Gasteiger partial charge >= 0.3 is 5.69 Å². The van der Waals surface area contributed by atoms with E-state index in [4.69, 9.17) is 4.74 Å². The Bertz CT molecular complexity index is 816. The minimum Gasteiger partial charge on any atom is -0.450 e. The number of thiazole rings is 1. The Labute approximate surface area is 123 Å². The second-order valence-corrected chi connectivity index (χ2v) is 5.12. The molecule has 0 atom stereocenters. The lowest BCUT2D eigenvalue weighted by Crippen LogP contribution is -1.96. The van der Waals surface area contributed by atoms with Crippen LogP contribution in [0.1, 0.15) is 5.56 Å². The first-order valence-electron chi connectivity index (χ1n) is 6.08. The molecule has 0 radical (unpaired) electrons. The number of para-hydroxylation sites is 1. The number of hydrogen-bond donors (Lipinski definition) is 1. The van der Waals surface area contributed by atoms with E-state index in [0.717, 1.165) is 4.70 Å². The van der Waals surface area contributed by atoms with Crippen LogP contribution in [-0.2, 0) is 6.61 Å². The number of ether oxygens (including phenoxy) is 1. The standard InChI is InChI=1S/C14H10N2O4S/c17-7-9-3-1-2-4-10(9)20-11-5-6-12-13(15-8-21-12)14(11)16(18)19/h1-6,8,17H,7H2. The summed E-state index contributed by atoms with van der Waals surface area (Å²) in [7, 11) is 0. The van der Waals surface area contributed by atoms with E-state index < -0.39 is 4.92 Å². The number of aliphatic hydroxyl groups is 1. The smallest absolute Gasteiger partial charge is 0.338 e. The number of nitro benzene ring substituents is 1. The van der Waals surface area contributed by atoms with Crippen LogP contribution in [0.2, 0.25) is 0 Å². The zero-order valence-electron chi connectivity index (χ0n) is 10.7. The fourth-order valence-corrected chi connectivity index (χ4v) is 2.69. The Balaban J connectivity index is 2.12. The molecule has 0 bridgehead atoms. The van der Waals surface area contributed by atoms with E-state index in [9.17, 15) is 15.2 Å². The summed E-state index contributed by atoms with van der Waals surface area (Å²) in [6.07, 6.45) is 0. The molecule has 0 aliphatic rings. The average Bonchev–Trinajstić information content (AvgIpc) is 2.95. The van der Waals surface area contributed by atoms with Gasteiger partial charge in [-0.05, 0) is 18.2 Å². The van der Waals surface area contributed by atoms with E-state index in [2.05, 4.69) is 4.98 Å². The van der Waals surface area contributed by atoms with Crippen molar-refractivity contribution in [3.63, 3.8) is 0 Å². The second kappa shape index (κ2) is 5.47. The highest BCUT2D eigenvalue weighted by atomic mass is 32.1. The van der Waals surface area contributed by atoms with E-state index >= 15 is 0 Å². The molecule has 21 heavy (non-hydrogen) atoms. The van der Waals surface area contributed by atoms with Crippen molar-refractivity contribution in [2.24, 2.45) is 0 Å². The van der Waals surface area contributed by atoms with Gasteiger partial charge in [0.2, 0.25) is 5.75 Å². The first-order valence-corrected chi connectivity index (χ1v) is 6.96. The fourth-order valence-electron chi connectivity index (χ4n) is 2.01. The molecule has 7 heteroatoms. The van der Waals surface area contributed by atoms with Gasteiger partial charge in [0.1, 0.15) is 5.75 Å². The molecule has 106 valence electrons. The number of aromatic nitrogens is 1. The van der Waals surface area contributed by atoms with Crippen molar-refractivity contribution in [1.82, 2.24) is 4.98 Å². The molecule has 3 aromatic rings. The number of benzene rings is 2. The van der Waals surface area contributed by atoms with Gasteiger partial charge in [0, 0.05) is 5.56 Å². The number of nitrogens with zero attached hydrogens (tertiary/aromatic N) is 2. The van der Waals surface area contributed by atoms with E-state index in [0.29, 0.717) is 16.8 Å². The molecule has 2 aromatic carbocycles. The van der Waals surface area contributed by atoms with Crippen LogP contribution >= 0.6 is 11.3 Å². The summed E-state index contributed by atoms with van der Waals surface area (Å²) < 4.78 is 6.36. The maximum atomic E-state index is 11.3. The van der Waals surface area contributed by atoms with Crippen LogP contribution in [0.25, 0.3) is 10.2 Å². The van der Waals surface area contributed by atoms with Crippen molar-refractivity contribution in [1.29, 1.82) is 0 Å². The SMILES string of the molecule is O=[N+]([O-])c1c(Oc2ccccc2CO)ccc2scnc12. The quantitative estimate of drug-likeness (QED) is 0.589. The topological polar surface area (TPSA) is 85.5 Å². The zero-order valence-corrected chi connectivity index (χ0v) is 11.5. The van der Waals surface area contributed by atoms with Gasteiger partial charge in [-0.15, -0.1) is 11.3 Å². The van der Waals surface area contributed by atoms with Crippen molar-refractivity contribution < 1.29 is 14.8 Å². The Morgan fingerprint density at radius 1 is 1.24 bits per heavy atom. The molecule has 0 saturated heterocycles.